The van der Waals surface area contributed by atoms with Crippen molar-refractivity contribution in [1.29, 1.82) is 0 Å². The Morgan fingerprint density at radius 2 is 2.15 bits per heavy atom. The van der Waals surface area contributed by atoms with Crippen LogP contribution in [0.1, 0.15) is 12.0 Å². The molecule has 26 heavy (non-hydrogen) atoms. The molecule has 4 rings (SSSR count). The zero-order chi connectivity index (χ0) is 18.0. The van der Waals surface area contributed by atoms with Gasteiger partial charge in [0.2, 0.25) is 0 Å². The Morgan fingerprint density at radius 3 is 2.88 bits per heavy atom. The van der Waals surface area contributed by atoms with E-state index in [1.54, 1.807) is 30.0 Å². The number of quaternary nitrogens is 1. The fourth-order valence-corrected chi connectivity index (χ4v) is 4.18. The average molecular weight is 378 g/mol. The van der Waals surface area contributed by atoms with Crippen LogP contribution in [0.4, 0.5) is 15.9 Å². The number of hydroxylamine groups is 2. The first-order valence-corrected chi connectivity index (χ1v) is 9.63. The van der Waals surface area contributed by atoms with Gasteiger partial charge in [0, 0.05) is 35.6 Å². The molecule has 1 aromatic carbocycles. The highest BCUT2D eigenvalue weighted by Gasteiger charge is 2.29. The molecule has 0 bridgehead atoms. The van der Waals surface area contributed by atoms with Crippen molar-refractivity contribution in [2.45, 2.75) is 12.5 Å². The van der Waals surface area contributed by atoms with Gasteiger partial charge >= 0.3 is 0 Å². The number of rotatable bonds is 5. The summed E-state index contributed by atoms with van der Waals surface area (Å²) >= 11 is 1.74. The number of aromatic nitrogens is 1. The molecule has 0 spiro atoms. The summed E-state index contributed by atoms with van der Waals surface area (Å²) in [5.74, 6) is 1.66. The van der Waals surface area contributed by atoms with Crippen LogP contribution in [-0.4, -0.2) is 48.1 Å². The highest BCUT2D eigenvalue weighted by atomic mass is 32.2. The molecule has 1 fully saturated rings. The van der Waals surface area contributed by atoms with E-state index in [1.807, 2.05) is 0 Å². The first-order valence-electron chi connectivity index (χ1n) is 8.47. The van der Waals surface area contributed by atoms with Crippen LogP contribution in [-0.2, 0) is 4.84 Å². The fraction of sp³-hybridized carbons (Fsp3) is 0.412. The molecule has 2 aromatic rings. The Labute approximate surface area is 154 Å². The summed E-state index contributed by atoms with van der Waals surface area (Å²) in [6.45, 7) is 1.32. The van der Waals surface area contributed by atoms with Gasteiger partial charge in [0.1, 0.15) is 12.4 Å². The number of benzene rings is 1. The number of halogens is 1. The van der Waals surface area contributed by atoms with Gasteiger partial charge in [0.25, 0.3) is 0 Å². The molecule has 7 nitrogen and oxygen atoms in total. The summed E-state index contributed by atoms with van der Waals surface area (Å²) in [5.41, 5.74) is 1.53. The molecule has 0 aliphatic carbocycles. The SMILES string of the molecule is [O-][N+]1(c2ccc(C3=NO[C@H](CNc4ccon4)C3)cc2F)CCSCC1. The van der Waals surface area contributed by atoms with Crippen molar-refractivity contribution >= 4 is 29.0 Å². The van der Waals surface area contributed by atoms with Crippen LogP contribution >= 0.6 is 11.8 Å². The largest absolute Gasteiger partial charge is 0.627 e. The van der Waals surface area contributed by atoms with Gasteiger partial charge in [-0.25, -0.2) is 4.39 Å². The van der Waals surface area contributed by atoms with Gasteiger partial charge in [0.15, 0.2) is 17.3 Å². The zero-order valence-corrected chi connectivity index (χ0v) is 14.9. The molecule has 0 amide bonds. The van der Waals surface area contributed by atoms with Crippen LogP contribution < -0.4 is 9.96 Å². The summed E-state index contributed by atoms with van der Waals surface area (Å²) in [7, 11) is 0. The van der Waals surface area contributed by atoms with Crippen molar-refractivity contribution < 1.29 is 13.8 Å². The minimum atomic E-state index is -0.591. The maximum Gasteiger partial charge on any atom is 0.184 e. The van der Waals surface area contributed by atoms with Crippen molar-refractivity contribution in [2.24, 2.45) is 5.16 Å². The van der Waals surface area contributed by atoms with Crippen LogP contribution in [0.5, 0.6) is 0 Å². The third-order valence-electron chi connectivity index (χ3n) is 4.60. The third-order valence-corrected chi connectivity index (χ3v) is 5.54. The van der Waals surface area contributed by atoms with Crippen molar-refractivity contribution in [1.82, 2.24) is 9.80 Å². The van der Waals surface area contributed by atoms with Gasteiger partial charge in [-0.15, -0.1) is 0 Å². The van der Waals surface area contributed by atoms with E-state index in [0.29, 0.717) is 43.1 Å². The van der Waals surface area contributed by atoms with Gasteiger partial charge in [-0.1, -0.05) is 10.3 Å². The first-order chi connectivity index (χ1) is 12.6. The number of hydrogen-bond donors (Lipinski definition) is 1. The van der Waals surface area contributed by atoms with E-state index in [1.165, 1.54) is 12.3 Å². The van der Waals surface area contributed by atoms with Crippen molar-refractivity contribution in [3.63, 3.8) is 0 Å². The minimum absolute atomic E-state index is 0.165. The Balaban J connectivity index is 1.41. The fourth-order valence-electron chi connectivity index (χ4n) is 3.13. The predicted molar refractivity (Wildman–Crippen MR) is 99.6 cm³/mol. The molecule has 9 heteroatoms. The monoisotopic (exact) mass is 378 g/mol. The van der Waals surface area contributed by atoms with Gasteiger partial charge < -0.3 is 24.5 Å². The summed E-state index contributed by atoms with van der Waals surface area (Å²) in [6.07, 6.45) is 1.87. The summed E-state index contributed by atoms with van der Waals surface area (Å²) in [4.78, 5) is 5.40. The topological polar surface area (TPSA) is 82.7 Å². The number of oxime groups is 1. The first kappa shape index (κ1) is 17.3. The van der Waals surface area contributed by atoms with Crippen LogP contribution in [0, 0.1) is 11.0 Å². The van der Waals surface area contributed by atoms with Crippen LogP contribution in [0.25, 0.3) is 0 Å². The van der Waals surface area contributed by atoms with Crippen LogP contribution in [0.3, 0.4) is 0 Å². The van der Waals surface area contributed by atoms with Gasteiger partial charge in [0.05, 0.1) is 25.3 Å². The highest BCUT2D eigenvalue weighted by molar-refractivity contribution is 7.99. The van der Waals surface area contributed by atoms with E-state index in [-0.39, 0.29) is 11.8 Å². The Kier molecular flexibility index (Phi) is 4.84. The molecule has 0 radical (unpaired) electrons. The molecule has 138 valence electrons. The van der Waals surface area contributed by atoms with Crippen molar-refractivity contribution in [3.05, 3.63) is 47.1 Å². The lowest BCUT2D eigenvalue weighted by Gasteiger charge is -2.44. The molecule has 1 aromatic heterocycles. The number of hydrogen-bond acceptors (Lipinski definition) is 7. The van der Waals surface area contributed by atoms with E-state index in [2.05, 4.69) is 15.6 Å². The number of thioether (sulfide) groups is 1. The molecule has 3 heterocycles. The lowest BCUT2D eigenvalue weighted by Crippen LogP contribution is -2.49. The average Bonchev–Trinajstić information content (AvgIpc) is 3.32. The minimum Gasteiger partial charge on any atom is -0.627 e. The molecule has 2 aliphatic heterocycles. The van der Waals surface area contributed by atoms with Crippen LogP contribution in [0.15, 0.2) is 40.2 Å². The maximum atomic E-state index is 14.6. The lowest BCUT2D eigenvalue weighted by atomic mass is 10.0. The van der Waals surface area contributed by atoms with Gasteiger partial charge in [-0.2, -0.15) is 11.8 Å². The second-order valence-electron chi connectivity index (χ2n) is 6.35. The molecule has 0 unspecified atom stereocenters. The third kappa shape index (κ3) is 3.55. The quantitative estimate of drug-likeness (QED) is 0.636. The van der Waals surface area contributed by atoms with Gasteiger partial charge in [-0.05, 0) is 12.1 Å². The van der Waals surface area contributed by atoms with E-state index < -0.39 is 10.5 Å². The number of anilines is 1. The maximum absolute atomic E-state index is 14.6. The summed E-state index contributed by atoms with van der Waals surface area (Å²) < 4.78 is 18.8. The second-order valence-corrected chi connectivity index (χ2v) is 7.57. The van der Waals surface area contributed by atoms with E-state index in [4.69, 9.17) is 9.36 Å². The van der Waals surface area contributed by atoms with E-state index in [9.17, 15) is 9.60 Å². The van der Waals surface area contributed by atoms with Crippen LogP contribution in [0.2, 0.25) is 0 Å². The second kappa shape index (κ2) is 7.26. The molecular formula is C17H19FN4O3S. The van der Waals surface area contributed by atoms with E-state index in [0.717, 1.165) is 11.5 Å². The Hall–Kier alpha value is -2.10. The Bertz CT molecular complexity index is 793. The Morgan fingerprint density at radius 1 is 1.31 bits per heavy atom. The molecule has 1 N–H and O–H groups in total. The predicted octanol–water partition coefficient (Wildman–Crippen LogP) is 2.97. The molecule has 1 saturated heterocycles. The smallest absolute Gasteiger partial charge is 0.184 e. The number of nitrogens with one attached hydrogen (secondary N) is 1. The lowest BCUT2D eigenvalue weighted by molar-refractivity contribution is 0.0948. The molecule has 2 aliphatic rings. The molecule has 0 saturated carbocycles. The standard InChI is InChI=1S/C17H19FN4O3S/c18-14-9-12(1-2-16(14)22(23)4-7-26-8-5-22)15-10-13(25-20-15)11-19-17-3-6-24-21-17/h1-3,6,9,13H,4-5,7-8,10-11H2,(H,19,21)/t13-/m0/s1. The van der Waals surface area contributed by atoms with Gasteiger partial charge in [-0.3, -0.25) is 0 Å². The van der Waals surface area contributed by atoms with Crippen molar-refractivity contribution in [2.75, 3.05) is 36.5 Å². The van der Waals surface area contributed by atoms with Crippen molar-refractivity contribution in [3.8, 4) is 0 Å². The molecular weight excluding hydrogens is 359 g/mol. The highest BCUT2D eigenvalue weighted by Crippen LogP contribution is 2.31. The summed E-state index contributed by atoms with van der Waals surface area (Å²) in [5, 5.41) is 23.8. The zero-order valence-electron chi connectivity index (χ0n) is 14.1. The summed E-state index contributed by atoms with van der Waals surface area (Å²) in [6, 6.07) is 6.46. The molecule has 1 atom stereocenters. The van der Waals surface area contributed by atoms with E-state index >= 15 is 0 Å². The number of nitrogens with zero attached hydrogens (tertiary/aromatic N) is 3. The normalized spacial score (nSPS) is 21.9.